The Bertz CT molecular complexity index is 408. The molecule has 2 N–H and O–H groups in total. The lowest BCUT2D eigenvalue weighted by atomic mass is 9.96. The highest BCUT2D eigenvalue weighted by Gasteiger charge is 2.30. The summed E-state index contributed by atoms with van der Waals surface area (Å²) >= 11 is 0. The standard InChI is InChI=1S/C14H24N2O5/c1-9(12(18)19)15-11(17)10-5-7-16(8-6-10)13(20)21-14(2,3)4/h9-10H,5-8H2,1-4H3,(H,15,17)(H,18,19)/t9-/m0/s1. The van der Waals surface area contributed by atoms with E-state index in [0.29, 0.717) is 25.9 Å². The molecule has 1 fully saturated rings. The Balaban J connectivity index is 2.43. The number of aliphatic carboxylic acids is 1. The molecule has 1 atom stereocenters. The van der Waals surface area contributed by atoms with Crippen LogP contribution in [-0.4, -0.2) is 52.7 Å². The van der Waals surface area contributed by atoms with Crippen molar-refractivity contribution < 1.29 is 24.2 Å². The number of hydrogen-bond acceptors (Lipinski definition) is 4. The van der Waals surface area contributed by atoms with Crippen LogP contribution in [-0.2, 0) is 14.3 Å². The number of nitrogens with one attached hydrogen (secondary N) is 1. The minimum absolute atomic E-state index is 0.259. The lowest BCUT2D eigenvalue weighted by Gasteiger charge is -2.33. The van der Waals surface area contributed by atoms with Crippen molar-refractivity contribution in [2.24, 2.45) is 5.92 Å². The van der Waals surface area contributed by atoms with Crippen LogP contribution < -0.4 is 5.32 Å². The second-order valence-electron chi connectivity index (χ2n) is 6.31. The molecule has 0 unspecified atom stereocenters. The fourth-order valence-corrected chi connectivity index (χ4v) is 2.04. The summed E-state index contributed by atoms with van der Waals surface area (Å²) in [6.45, 7) is 7.72. The van der Waals surface area contributed by atoms with Crippen LogP contribution in [0.15, 0.2) is 0 Å². The van der Waals surface area contributed by atoms with Crippen LogP contribution in [0, 0.1) is 5.92 Å². The first-order chi connectivity index (χ1) is 9.60. The quantitative estimate of drug-likeness (QED) is 0.817. The van der Waals surface area contributed by atoms with Crippen LogP contribution in [0.4, 0.5) is 4.79 Å². The van der Waals surface area contributed by atoms with Crippen molar-refractivity contribution in [1.29, 1.82) is 0 Å². The average Bonchev–Trinajstić information content (AvgIpc) is 2.36. The summed E-state index contributed by atoms with van der Waals surface area (Å²) in [7, 11) is 0. The molecule has 1 aliphatic rings. The molecule has 7 heteroatoms. The van der Waals surface area contributed by atoms with Crippen molar-refractivity contribution >= 4 is 18.0 Å². The smallest absolute Gasteiger partial charge is 0.410 e. The van der Waals surface area contributed by atoms with Crippen molar-refractivity contribution in [2.75, 3.05) is 13.1 Å². The Kier molecular flexibility index (Phi) is 5.57. The van der Waals surface area contributed by atoms with Gasteiger partial charge in [-0.15, -0.1) is 0 Å². The third kappa shape index (κ3) is 5.61. The summed E-state index contributed by atoms with van der Waals surface area (Å²) in [5.74, 6) is -1.59. The van der Waals surface area contributed by atoms with E-state index in [9.17, 15) is 14.4 Å². The lowest BCUT2D eigenvalue weighted by molar-refractivity contribution is -0.142. The van der Waals surface area contributed by atoms with Gasteiger partial charge in [0.25, 0.3) is 0 Å². The van der Waals surface area contributed by atoms with Gasteiger partial charge in [-0.25, -0.2) is 4.79 Å². The van der Waals surface area contributed by atoms with Crippen molar-refractivity contribution in [3.8, 4) is 0 Å². The second kappa shape index (κ2) is 6.78. The summed E-state index contributed by atoms with van der Waals surface area (Å²) in [6, 6.07) is -0.901. The normalized spacial score (nSPS) is 18.0. The number of carbonyl (C=O) groups excluding carboxylic acids is 2. The Hall–Kier alpha value is -1.79. The number of carbonyl (C=O) groups is 3. The SMILES string of the molecule is C[C@H](NC(=O)C1CCN(C(=O)OC(C)(C)C)CC1)C(=O)O. The summed E-state index contributed by atoms with van der Waals surface area (Å²) in [4.78, 5) is 36.1. The van der Waals surface area contributed by atoms with Gasteiger partial charge in [0.15, 0.2) is 0 Å². The number of nitrogens with zero attached hydrogens (tertiary/aromatic N) is 1. The lowest BCUT2D eigenvalue weighted by Crippen LogP contribution is -2.47. The van der Waals surface area contributed by atoms with Crippen molar-refractivity contribution in [3.05, 3.63) is 0 Å². The number of amides is 2. The molecule has 1 rings (SSSR count). The molecule has 2 amide bonds. The Labute approximate surface area is 124 Å². The van der Waals surface area contributed by atoms with Gasteiger partial charge < -0.3 is 20.1 Å². The first-order valence-electron chi connectivity index (χ1n) is 7.11. The van der Waals surface area contributed by atoms with Gasteiger partial charge in [-0.1, -0.05) is 0 Å². The monoisotopic (exact) mass is 300 g/mol. The van der Waals surface area contributed by atoms with Gasteiger partial charge in [-0.3, -0.25) is 9.59 Å². The van der Waals surface area contributed by atoms with E-state index in [1.165, 1.54) is 6.92 Å². The molecule has 120 valence electrons. The van der Waals surface area contributed by atoms with E-state index in [1.807, 2.05) is 0 Å². The zero-order valence-electron chi connectivity index (χ0n) is 13.0. The molecule has 1 heterocycles. The molecule has 0 aliphatic carbocycles. The Morgan fingerprint density at radius 1 is 1.24 bits per heavy atom. The highest BCUT2D eigenvalue weighted by molar-refractivity contribution is 5.84. The maximum absolute atomic E-state index is 11.9. The van der Waals surface area contributed by atoms with Crippen LogP contribution in [0.25, 0.3) is 0 Å². The third-order valence-corrected chi connectivity index (χ3v) is 3.25. The van der Waals surface area contributed by atoms with Gasteiger partial charge in [0.05, 0.1) is 0 Å². The number of hydrogen-bond donors (Lipinski definition) is 2. The van der Waals surface area contributed by atoms with E-state index in [0.717, 1.165) is 0 Å². The van der Waals surface area contributed by atoms with Crippen LogP contribution in [0.2, 0.25) is 0 Å². The van der Waals surface area contributed by atoms with Crippen molar-refractivity contribution in [3.63, 3.8) is 0 Å². The number of piperidine rings is 1. The molecular formula is C14H24N2O5. The summed E-state index contributed by atoms with van der Waals surface area (Å²) < 4.78 is 5.28. The van der Waals surface area contributed by atoms with E-state index in [-0.39, 0.29) is 17.9 Å². The van der Waals surface area contributed by atoms with E-state index < -0.39 is 17.6 Å². The van der Waals surface area contributed by atoms with E-state index >= 15 is 0 Å². The van der Waals surface area contributed by atoms with Crippen LogP contribution in [0.3, 0.4) is 0 Å². The Morgan fingerprint density at radius 2 is 1.76 bits per heavy atom. The fourth-order valence-electron chi connectivity index (χ4n) is 2.04. The summed E-state index contributed by atoms with van der Waals surface area (Å²) in [5, 5.41) is 11.2. The van der Waals surface area contributed by atoms with Crippen LogP contribution >= 0.6 is 0 Å². The van der Waals surface area contributed by atoms with Gasteiger partial charge in [0.1, 0.15) is 11.6 Å². The van der Waals surface area contributed by atoms with E-state index in [2.05, 4.69) is 5.32 Å². The highest BCUT2D eigenvalue weighted by Crippen LogP contribution is 2.20. The molecule has 0 aromatic heterocycles. The molecule has 7 nitrogen and oxygen atoms in total. The number of likely N-dealkylation sites (tertiary alicyclic amines) is 1. The molecule has 0 spiro atoms. The summed E-state index contributed by atoms with van der Waals surface area (Å²) in [5.41, 5.74) is -0.539. The molecule has 1 aliphatic heterocycles. The molecule has 0 bridgehead atoms. The zero-order valence-corrected chi connectivity index (χ0v) is 13.0. The topological polar surface area (TPSA) is 95.9 Å². The average molecular weight is 300 g/mol. The molecule has 21 heavy (non-hydrogen) atoms. The zero-order chi connectivity index (χ0) is 16.2. The molecule has 1 saturated heterocycles. The van der Waals surface area contributed by atoms with Crippen LogP contribution in [0.5, 0.6) is 0 Å². The van der Waals surface area contributed by atoms with Crippen LogP contribution in [0.1, 0.15) is 40.5 Å². The second-order valence-corrected chi connectivity index (χ2v) is 6.31. The molecule has 0 aromatic carbocycles. The maximum atomic E-state index is 11.9. The number of carboxylic acids is 1. The third-order valence-electron chi connectivity index (χ3n) is 3.25. The first-order valence-corrected chi connectivity index (χ1v) is 7.11. The van der Waals surface area contributed by atoms with Gasteiger partial charge >= 0.3 is 12.1 Å². The first kappa shape index (κ1) is 17.3. The van der Waals surface area contributed by atoms with Gasteiger partial charge in [0, 0.05) is 19.0 Å². The van der Waals surface area contributed by atoms with Gasteiger partial charge in [0.2, 0.25) is 5.91 Å². The molecule has 0 saturated carbocycles. The Morgan fingerprint density at radius 3 is 2.19 bits per heavy atom. The fraction of sp³-hybridized carbons (Fsp3) is 0.786. The van der Waals surface area contributed by atoms with E-state index in [1.54, 1.807) is 25.7 Å². The minimum Gasteiger partial charge on any atom is -0.480 e. The number of rotatable bonds is 3. The van der Waals surface area contributed by atoms with Gasteiger partial charge in [-0.2, -0.15) is 0 Å². The molecule has 0 aromatic rings. The highest BCUT2D eigenvalue weighted by atomic mass is 16.6. The minimum atomic E-state index is -1.06. The van der Waals surface area contributed by atoms with Crippen molar-refractivity contribution in [1.82, 2.24) is 10.2 Å². The predicted octanol–water partition coefficient (Wildman–Crippen LogP) is 1.22. The maximum Gasteiger partial charge on any atom is 0.410 e. The largest absolute Gasteiger partial charge is 0.480 e. The molecular weight excluding hydrogens is 276 g/mol. The summed E-state index contributed by atoms with van der Waals surface area (Å²) in [6.07, 6.45) is 0.648. The predicted molar refractivity (Wildman–Crippen MR) is 75.8 cm³/mol. The van der Waals surface area contributed by atoms with Crippen molar-refractivity contribution in [2.45, 2.75) is 52.2 Å². The number of ether oxygens (including phenoxy) is 1. The van der Waals surface area contributed by atoms with E-state index in [4.69, 9.17) is 9.84 Å². The number of carboxylic acid groups (broad SMARTS) is 1. The van der Waals surface area contributed by atoms with Gasteiger partial charge in [-0.05, 0) is 40.5 Å². The molecule has 0 radical (unpaired) electrons.